The highest BCUT2D eigenvalue weighted by Crippen LogP contribution is 2.28. The van der Waals surface area contributed by atoms with Crippen LogP contribution in [0, 0.1) is 5.92 Å². The summed E-state index contributed by atoms with van der Waals surface area (Å²) in [6, 6.07) is 6.50. The van der Waals surface area contributed by atoms with Crippen LogP contribution in [0.4, 0.5) is 0 Å². The van der Waals surface area contributed by atoms with Crippen LogP contribution in [0.5, 0.6) is 0 Å². The molecule has 0 radical (unpaired) electrons. The predicted molar refractivity (Wildman–Crippen MR) is 71.0 cm³/mol. The summed E-state index contributed by atoms with van der Waals surface area (Å²) < 4.78 is 2.27. The van der Waals surface area contributed by atoms with Gasteiger partial charge in [-0.25, -0.2) is 4.98 Å². The lowest BCUT2D eigenvalue weighted by Crippen LogP contribution is -2.11. The second-order valence-corrected chi connectivity index (χ2v) is 5.32. The summed E-state index contributed by atoms with van der Waals surface area (Å²) in [7, 11) is 2.15. The SMILES string of the molecule is Cn1c(CC2CCCCC2)cc2cccnc21. The van der Waals surface area contributed by atoms with Gasteiger partial charge in [0.2, 0.25) is 0 Å². The first-order valence-corrected chi connectivity index (χ1v) is 6.74. The van der Waals surface area contributed by atoms with E-state index in [1.165, 1.54) is 49.6 Å². The van der Waals surface area contributed by atoms with Gasteiger partial charge in [0.05, 0.1) is 0 Å². The van der Waals surface area contributed by atoms with Gasteiger partial charge in [-0.1, -0.05) is 32.1 Å². The molecule has 3 rings (SSSR count). The summed E-state index contributed by atoms with van der Waals surface area (Å²) in [5.74, 6) is 0.895. The summed E-state index contributed by atoms with van der Waals surface area (Å²) in [6.45, 7) is 0. The molecule has 0 N–H and O–H groups in total. The van der Waals surface area contributed by atoms with Gasteiger partial charge in [0.15, 0.2) is 0 Å². The zero-order chi connectivity index (χ0) is 11.7. The molecule has 0 saturated heterocycles. The molecule has 1 saturated carbocycles. The Morgan fingerprint density at radius 1 is 1.29 bits per heavy atom. The molecule has 0 unspecified atom stereocenters. The molecule has 0 aliphatic heterocycles. The van der Waals surface area contributed by atoms with E-state index in [-0.39, 0.29) is 0 Å². The molecular formula is C15H20N2. The average molecular weight is 228 g/mol. The van der Waals surface area contributed by atoms with Crippen LogP contribution in [0.1, 0.15) is 37.8 Å². The number of hydrogen-bond donors (Lipinski definition) is 0. The van der Waals surface area contributed by atoms with Crippen LogP contribution < -0.4 is 0 Å². The van der Waals surface area contributed by atoms with Crippen molar-refractivity contribution in [3.05, 3.63) is 30.1 Å². The van der Waals surface area contributed by atoms with E-state index in [0.29, 0.717) is 0 Å². The Morgan fingerprint density at radius 3 is 2.88 bits per heavy atom. The van der Waals surface area contributed by atoms with Crippen molar-refractivity contribution in [2.45, 2.75) is 38.5 Å². The van der Waals surface area contributed by atoms with Crippen LogP contribution in [0.25, 0.3) is 11.0 Å². The minimum Gasteiger partial charge on any atom is -0.333 e. The van der Waals surface area contributed by atoms with Crippen molar-refractivity contribution in [2.24, 2.45) is 13.0 Å². The minimum absolute atomic E-state index is 0.895. The molecule has 0 atom stereocenters. The molecule has 0 spiro atoms. The number of rotatable bonds is 2. The largest absolute Gasteiger partial charge is 0.333 e. The highest BCUT2D eigenvalue weighted by molar-refractivity contribution is 5.77. The lowest BCUT2D eigenvalue weighted by molar-refractivity contribution is 0.352. The van der Waals surface area contributed by atoms with Gasteiger partial charge in [0.25, 0.3) is 0 Å². The predicted octanol–water partition coefficient (Wildman–Crippen LogP) is 3.70. The fourth-order valence-corrected chi connectivity index (χ4v) is 3.10. The van der Waals surface area contributed by atoms with E-state index < -0.39 is 0 Å². The van der Waals surface area contributed by atoms with Gasteiger partial charge in [0, 0.05) is 24.3 Å². The van der Waals surface area contributed by atoms with Crippen molar-refractivity contribution in [3.8, 4) is 0 Å². The Bertz CT molecular complexity index is 507. The van der Waals surface area contributed by atoms with Crippen LogP contribution >= 0.6 is 0 Å². The maximum Gasteiger partial charge on any atom is 0.139 e. The highest BCUT2D eigenvalue weighted by Gasteiger charge is 2.16. The van der Waals surface area contributed by atoms with E-state index in [4.69, 9.17) is 0 Å². The normalized spacial score (nSPS) is 17.7. The zero-order valence-corrected chi connectivity index (χ0v) is 10.5. The van der Waals surface area contributed by atoms with Gasteiger partial charge >= 0.3 is 0 Å². The average Bonchev–Trinajstić information content (AvgIpc) is 2.68. The third kappa shape index (κ3) is 2.08. The molecule has 1 fully saturated rings. The molecule has 0 bridgehead atoms. The van der Waals surface area contributed by atoms with Gasteiger partial charge in [-0.3, -0.25) is 0 Å². The van der Waals surface area contributed by atoms with Gasteiger partial charge in [-0.05, 0) is 30.5 Å². The fourth-order valence-electron chi connectivity index (χ4n) is 3.10. The summed E-state index contributed by atoms with van der Waals surface area (Å²) in [5, 5.41) is 1.28. The van der Waals surface area contributed by atoms with E-state index in [1.54, 1.807) is 0 Å². The molecule has 0 amide bonds. The third-order valence-electron chi connectivity index (χ3n) is 4.11. The molecular weight excluding hydrogens is 208 g/mol. The second kappa shape index (κ2) is 4.52. The Morgan fingerprint density at radius 2 is 2.12 bits per heavy atom. The molecule has 1 aliphatic carbocycles. The topological polar surface area (TPSA) is 17.8 Å². The Hall–Kier alpha value is -1.31. The van der Waals surface area contributed by atoms with E-state index in [9.17, 15) is 0 Å². The summed E-state index contributed by atoms with van der Waals surface area (Å²) in [4.78, 5) is 4.46. The number of hydrogen-bond acceptors (Lipinski definition) is 1. The first-order chi connectivity index (χ1) is 8.34. The van der Waals surface area contributed by atoms with Crippen LogP contribution in [-0.2, 0) is 13.5 Å². The molecule has 2 aromatic rings. The van der Waals surface area contributed by atoms with Crippen LogP contribution in [0.15, 0.2) is 24.4 Å². The molecule has 90 valence electrons. The number of pyridine rings is 1. The molecule has 0 aromatic carbocycles. The molecule has 2 nitrogen and oxygen atoms in total. The van der Waals surface area contributed by atoms with Crippen LogP contribution in [-0.4, -0.2) is 9.55 Å². The molecule has 2 heteroatoms. The van der Waals surface area contributed by atoms with Crippen LogP contribution in [0.3, 0.4) is 0 Å². The van der Waals surface area contributed by atoms with Crippen molar-refractivity contribution in [1.82, 2.24) is 9.55 Å². The maximum absolute atomic E-state index is 4.46. The smallest absolute Gasteiger partial charge is 0.139 e. The highest BCUT2D eigenvalue weighted by atomic mass is 15.0. The van der Waals surface area contributed by atoms with Crippen LogP contribution in [0.2, 0.25) is 0 Å². The molecule has 2 aromatic heterocycles. The maximum atomic E-state index is 4.46. The second-order valence-electron chi connectivity index (χ2n) is 5.32. The minimum atomic E-state index is 0.895. The Labute approximate surface area is 103 Å². The lowest BCUT2D eigenvalue weighted by atomic mass is 9.86. The first kappa shape index (κ1) is 10.8. The number of fused-ring (bicyclic) bond motifs is 1. The Balaban J connectivity index is 1.87. The number of aryl methyl sites for hydroxylation is 1. The molecule has 1 aliphatic rings. The van der Waals surface area contributed by atoms with E-state index in [1.807, 2.05) is 12.3 Å². The van der Waals surface area contributed by atoms with E-state index in [2.05, 4.69) is 28.7 Å². The lowest BCUT2D eigenvalue weighted by Gasteiger charge is -2.21. The number of aromatic nitrogens is 2. The first-order valence-electron chi connectivity index (χ1n) is 6.74. The van der Waals surface area contributed by atoms with E-state index >= 15 is 0 Å². The van der Waals surface area contributed by atoms with Gasteiger partial charge in [-0.2, -0.15) is 0 Å². The standard InChI is InChI=1S/C15H20N2/c1-17-14(10-12-6-3-2-4-7-12)11-13-8-5-9-16-15(13)17/h5,8-9,11-12H,2-4,6-7,10H2,1H3. The quantitative estimate of drug-likeness (QED) is 0.766. The van der Waals surface area contributed by atoms with Gasteiger partial charge in [0.1, 0.15) is 5.65 Å². The fraction of sp³-hybridized carbons (Fsp3) is 0.533. The summed E-state index contributed by atoms with van der Waals surface area (Å²) in [5.41, 5.74) is 2.57. The Kier molecular flexibility index (Phi) is 2.87. The zero-order valence-electron chi connectivity index (χ0n) is 10.5. The van der Waals surface area contributed by atoms with Crippen molar-refractivity contribution in [1.29, 1.82) is 0 Å². The summed E-state index contributed by atoms with van der Waals surface area (Å²) in [6.07, 6.45) is 10.2. The van der Waals surface area contributed by atoms with Crippen molar-refractivity contribution >= 4 is 11.0 Å². The monoisotopic (exact) mass is 228 g/mol. The number of nitrogens with zero attached hydrogens (tertiary/aromatic N) is 2. The van der Waals surface area contributed by atoms with Crippen molar-refractivity contribution < 1.29 is 0 Å². The van der Waals surface area contributed by atoms with Gasteiger partial charge in [-0.15, -0.1) is 0 Å². The third-order valence-corrected chi connectivity index (χ3v) is 4.11. The summed E-state index contributed by atoms with van der Waals surface area (Å²) >= 11 is 0. The molecule has 17 heavy (non-hydrogen) atoms. The molecule has 2 heterocycles. The van der Waals surface area contributed by atoms with Crippen molar-refractivity contribution in [3.63, 3.8) is 0 Å². The van der Waals surface area contributed by atoms with E-state index in [0.717, 1.165) is 11.6 Å². The van der Waals surface area contributed by atoms with Gasteiger partial charge < -0.3 is 4.57 Å². The van der Waals surface area contributed by atoms with Crippen molar-refractivity contribution in [2.75, 3.05) is 0 Å².